The zero-order valence-electron chi connectivity index (χ0n) is 10.9. The number of primary amides is 1. The smallest absolute Gasteiger partial charge is 0.236 e. The third kappa shape index (κ3) is 4.80. The standard InChI is InChI=1S/C13H18BrN3OS/c1-2-3-6-17(8-12(15)18)11-5-4-9(14)7-10(11)13(16)19/h4-5,7H,2-3,6,8H2,1H3,(H2,15,18)(H2,16,19). The lowest BCUT2D eigenvalue weighted by atomic mass is 10.1. The van der Waals surface area contributed by atoms with Gasteiger partial charge in [0.05, 0.1) is 6.54 Å². The molecule has 19 heavy (non-hydrogen) atoms. The number of hydrogen-bond donors (Lipinski definition) is 2. The Kier molecular flexibility index (Phi) is 6.24. The van der Waals surface area contributed by atoms with Crippen LogP contribution in [0.5, 0.6) is 0 Å². The minimum absolute atomic E-state index is 0.164. The Bertz CT molecular complexity index is 479. The molecule has 0 aliphatic carbocycles. The van der Waals surface area contributed by atoms with Gasteiger partial charge in [-0.05, 0) is 24.6 Å². The van der Waals surface area contributed by atoms with E-state index in [9.17, 15) is 4.79 Å². The molecular formula is C13H18BrN3OS. The normalized spacial score (nSPS) is 10.2. The highest BCUT2D eigenvalue weighted by Crippen LogP contribution is 2.25. The van der Waals surface area contributed by atoms with Gasteiger partial charge in [-0.25, -0.2) is 0 Å². The Morgan fingerprint density at radius 3 is 2.63 bits per heavy atom. The highest BCUT2D eigenvalue weighted by Gasteiger charge is 2.15. The minimum Gasteiger partial charge on any atom is -0.389 e. The van der Waals surface area contributed by atoms with Gasteiger partial charge >= 0.3 is 0 Å². The fourth-order valence-electron chi connectivity index (χ4n) is 1.80. The van der Waals surface area contributed by atoms with Crippen LogP contribution in [0, 0.1) is 0 Å². The predicted molar refractivity (Wildman–Crippen MR) is 86.3 cm³/mol. The molecule has 1 aromatic carbocycles. The Labute approximate surface area is 127 Å². The molecule has 1 aromatic rings. The molecule has 104 valence electrons. The number of halogens is 1. The van der Waals surface area contributed by atoms with Gasteiger partial charge in [-0.15, -0.1) is 0 Å². The number of carbonyl (C=O) groups is 1. The van der Waals surface area contributed by atoms with Gasteiger partial charge in [0.15, 0.2) is 0 Å². The van der Waals surface area contributed by atoms with Crippen molar-refractivity contribution in [2.45, 2.75) is 19.8 Å². The molecule has 0 bridgehead atoms. The van der Waals surface area contributed by atoms with E-state index in [0.29, 0.717) is 4.99 Å². The van der Waals surface area contributed by atoms with E-state index in [-0.39, 0.29) is 12.5 Å². The summed E-state index contributed by atoms with van der Waals surface area (Å²) in [5.74, 6) is -0.368. The maximum Gasteiger partial charge on any atom is 0.236 e. The molecule has 1 rings (SSSR count). The predicted octanol–water partition coefficient (Wildman–Crippen LogP) is 2.18. The molecule has 0 aliphatic heterocycles. The lowest BCUT2D eigenvalue weighted by Gasteiger charge is -2.25. The summed E-state index contributed by atoms with van der Waals surface area (Å²) in [5, 5.41) is 0. The number of amides is 1. The molecule has 0 aromatic heterocycles. The van der Waals surface area contributed by atoms with Gasteiger partial charge in [0.2, 0.25) is 5.91 Å². The molecular weight excluding hydrogens is 326 g/mol. The summed E-state index contributed by atoms with van der Waals surface area (Å²) in [6, 6.07) is 5.66. The number of benzene rings is 1. The number of nitrogens with zero attached hydrogens (tertiary/aromatic N) is 1. The van der Waals surface area contributed by atoms with Crippen LogP contribution in [-0.4, -0.2) is 24.0 Å². The molecule has 6 heteroatoms. The summed E-state index contributed by atoms with van der Waals surface area (Å²) in [6.07, 6.45) is 2.01. The molecule has 0 aliphatic rings. The number of carbonyl (C=O) groups excluding carboxylic acids is 1. The first kappa shape index (κ1) is 15.9. The quantitative estimate of drug-likeness (QED) is 0.744. The summed E-state index contributed by atoms with van der Waals surface area (Å²) < 4.78 is 0.897. The Morgan fingerprint density at radius 2 is 2.11 bits per heavy atom. The average molecular weight is 344 g/mol. The summed E-state index contributed by atoms with van der Waals surface area (Å²) in [6.45, 7) is 3.01. The van der Waals surface area contributed by atoms with E-state index in [1.807, 2.05) is 23.1 Å². The van der Waals surface area contributed by atoms with Crippen LogP contribution in [-0.2, 0) is 4.79 Å². The number of rotatable bonds is 7. The van der Waals surface area contributed by atoms with Gasteiger partial charge in [-0.2, -0.15) is 0 Å². The van der Waals surface area contributed by atoms with Crippen LogP contribution in [0.2, 0.25) is 0 Å². The zero-order valence-corrected chi connectivity index (χ0v) is 13.3. The molecule has 0 unspecified atom stereocenters. The van der Waals surface area contributed by atoms with Crippen LogP contribution in [0.15, 0.2) is 22.7 Å². The van der Waals surface area contributed by atoms with E-state index in [4.69, 9.17) is 23.7 Å². The summed E-state index contributed by atoms with van der Waals surface area (Å²) in [7, 11) is 0. The highest BCUT2D eigenvalue weighted by atomic mass is 79.9. The molecule has 4 N–H and O–H groups in total. The first-order chi connectivity index (χ1) is 8.95. The molecule has 0 radical (unpaired) electrons. The monoisotopic (exact) mass is 343 g/mol. The fraction of sp³-hybridized carbons (Fsp3) is 0.385. The minimum atomic E-state index is -0.368. The maximum atomic E-state index is 11.2. The largest absolute Gasteiger partial charge is 0.389 e. The topological polar surface area (TPSA) is 72.3 Å². The van der Waals surface area contributed by atoms with Crippen LogP contribution in [0.4, 0.5) is 5.69 Å². The molecule has 0 heterocycles. The van der Waals surface area contributed by atoms with Crippen molar-refractivity contribution in [3.8, 4) is 0 Å². The van der Waals surface area contributed by atoms with Crippen molar-refractivity contribution >= 4 is 44.7 Å². The number of nitrogens with two attached hydrogens (primary N) is 2. The van der Waals surface area contributed by atoms with E-state index >= 15 is 0 Å². The van der Waals surface area contributed by atoms with Crippen molar-refractivity contribution in [3.63, 3.8) is 0 Å². The lowest BCUT2D eigenvalue weighted by molar-refractivity contribution is -0.116. The lowest BCUT2D eigenvalue weighted by Crippen LogP contribution is -2.35. The van der Waals surface area contributed by atoms with Crippen molar-refractivity contribution < 1.29 is 4.79 Å². The third-order valence-electron chi connectivity index (χ3n) is 2.69. The molecule has 0 spiro atoms. The van der Waals surface area contributed by atoms with Gasteiger partial charge in [0.1, 0.15) is 4.99 Å². The molecule has 0 atom stereocenters. The average Bonchev–Trinajstić information content (AvgIpc) is 2.34. The van der Waals surface area contributed by atoms with E-state index in [0.717, 1.165) is 35.1 Å². The number of thiocarbonyl (C=S) groups is 1. The second-order valence-corrected chi connectivity index (χ2v) is 5.62. The maximum absolute atomic E-state index is 11.2. The molecule has 0 saturated heterocycles. The van der Waals surface area contributed by atoms with Gasteiger partial charge in [-0.1, -0.05) is 41.5 Å². The van der Waals surface area contributed by atoms with E-state index in [1.54, 1.807) is 0 Å². The summed E-state index contributed by atoms with van der Waals surface area (Å²) >= 11 is 8.46. The number of hydrogen-bond acceptors (Lipinski definition) is 3. The van der Waals surface area contributed by atoms with Crippen LogP contribution >= 0.6 is 28.1 Å². The van der Waals surface area contributed by atoms with Crippen molar-refractivity contribution in [2.24, 2.45) is 11.5 Å². The van der Waals surface area contributed by atoms with Crippen LogP contribution in [0.3, 0.4) is 0 Å². The van der Waals surface area contributed by atoms with Crippen molar-refractivity contribution in [2.75, 3.05) is 18.0 Å². The first-order valence-corrected chi connectivity index (χ1v) is 7.28. The summed E-state index contributed by atoms with van der Waals surface area (Å²) in [5.41, 5.74) is 12.7. The first-order valence-electron chi connectivity index (χ1n) is 6.08. The van der Waals surface area contributed by atoms with Gasteiger partial charge in [0, 0.05) is 22.3 Å². The third-order valence-corrected chi connectivity index (χ3v) is 3.41. The van der Waals surface area contributed by atoms with Crippen LogP contribution in [0.25, 0.3) is 0 Å². The van der Waals surface area contributed by atoms with Crippen LogP contribution < -0.4 is 16.4 Å². The Morgan fingerprint density at radius 1 is 1.42 bits per heavy atom. The Hall–Kier alpha value is -1.14. The van der Waals surface area contributed by atoms with Crippen molar-refractivity contribution in [3.05, 3.63) is 28.2 Å². The van der Waals surface area contributed by atoms with E-state index in [1.165, 1.54) is 0 Å². The van der Waals surface area contributed by atoms with Gasteiger partial charge < -0.3 is 16.4 Å². The van der Waals surface area contributed by atoms with Crippen LogP contribution in [0.1, 0.15) is 25.3 Å². The molecule has 1 amide bonds. The number of anilines is 1. The Balaban J connectivity index is 3.12. The van der Waals surface area contributed by atoms with E-state index < -0.39 is 0 Å². The van der Waals surface area contributed by atoms with Crippen molar-refractivity contribution in [1.29, 1.82) is 0 Å². The second-order valence-electron chi connectivity index (χ2n) is 4.27. The molecule has 0 fully saturated rings. The molecule has 0 saturated carbocycles. The van der Waals surface area contributed by atoms with Gasteiger partial charge in [0.25, 0.3) is 0 Å². The van der Waals surface area contributed by atoms with Crippen molar-refractivity contribution in [1.82, 2.24) is 0 Å². The zero-order chi connectivity index (χ0) is 14.4. The van der Waals surface area contributed by atoms with E-state index in [2.05, 4.69) is 22.9 Å². The number of unbranched alkanes of at least 4 members (excludes halogenated alkanes) is 1. The highest BCUT2D eigenvalue weighted by molar-refractivity contribution is 9.10. The second kappa shape index (κ2) is 7.45. The fourth-order valence-corrected chi connectivity index (χ4v) is 2.33. The SMILES string of the molecule is CCCCN(CC(N)=O)c1ccc(Br)cc1C(N)=S. The summed E-state index contributed by atoms with van der Waals surface area (Å²) in [4.78, 5) is 13.4. The van der Waals surface area contributed by atoms with Gasteiger partial charge in [-0.3, -0.25) is 4.79 Å². The molecule has 4 nitrogen and oxygen atoms in total.